The van der Waals surface area contributed by atoms with Gasteiger partial charge in [-0.1, -0.05) is 6.92 Å². The summed E-state index contributed by atoms with van der Waals surface area (Å²) in [6.45, 7) is 6.14. The van der Waals surface area contributed by atoms with E-state index in [4.69, 9.17) is 0 Å². The van der Waals surface area contributed by atoms with Crippen molar-refractivity contribution in [1.82, 2.24) is 14.3 Å². The molecule has 0 unspecified atom stereocenters. The van der Waals surface area contributed by atoms with E-state index in [2.05, 4.69) is 10.0 Å². The van der Waals surface area contributed by atoms with E-state index >= 15 is 0 Å². The molecule has 0 aromatic rings. The van der Waals surface area contributed by atoms with Crippen molar-refractivity contribution in [2.45, 2.75) is 19.9 Å². The second-order valence-corrected chi connectivity index (χ2v) is 4.87. The van der Waals surface area contributed by atoms with Gasteiger partial charge in [-0.15, -0.1) is 12.4 Å². The summed E-state index contributed by atoms with van der Waals surface area (Å²) in [4.78, 5) is 0. The van der Waals surface area contributed by atoms with Crippen LogP contribution >= 0.6 is 12.4 Å². The SMILES string of the molecule is CCNS(=O)(=O)N1CCNC[C@@H]1C.Cl. The summed E-state index contributed by atoms with van der Waals surface area (Å²) >= 11 is 0. The van der Waals surface area contributed by atoms with Crippen molar-refractivity contribution in [2.24, 2.45) is 0 Å². The highest BCUT2D eigenvalue weighted by atomic mass is 35.5. The topological polar surface area (TPSA) is 61.4 Å². The molecular weight excluding hydrogens is 226 g/mol. The molecule has 7 heteroatoms. The first-order valence-corrected chi connectivity index (χ1v) is 5.99. The number of rotatable bonds is 3. The first kappa shape index (κ1) is 14.1. The van der Waals surface area contributed by atoms with Crippen LogP contribution in [-0.2, 0) is 10.2 Å². The lowest BCUT2D eigenvalue weighted by molar-refractivity contribution is 0.280. The standard InChI is InChI=1S/C7H17N3O2S.ClH/c1-3-9-13(11,12)10-5-4-8-6-7(10)2;/h7-9H,3-6H2,1-2H3;1H/t7-;/m0./s1. The van der Waals surface area contributed by atoms with E-state index in [9.17, 15) is 8.42 Å². The van der Waals surface area contributed by atoms with Crippen molar-refractivity contribution in [3.63, 3.8) is 0 Å². The van der Waals surface area contributed by atoms with E-state index in [1.807, 2.05) is 6.92 Å². The first-order valence-electron chi connectivity index (χ1n) is 4.55. The van der Waals surface area contributed by atoms with Gasteiger partial charge in [0, 0.05) is 32.2 Å². The fraction of sp³-hybridized carbons (Fsp3) is 1.00. The predicted molar refractivity (Wildman–Crippen MR) is 58.9 cm³/mol. The van der Waals surface area contributed by atoms with Gasteiger partial charge in [-0.3, -0.25) is 0 Å². The molecule has 0 amide bonds. The van der Waals surface area contributed by atoms with Crippen LogP contribution in [0.25, 0.3) is 0 Å². The molecular formula is C7H18ClN3O2S. The van der Waals surface area contributed by atoms with Crippen molar-refractivity contribution in [1.29, 1.82) is 0 Å². The smallest absolute Gasteiger partial charge is 0.279 e. The average Bonchev–Trinajstić information content (AvgIpc) is 2.04. The number of nitrogens with zero attached hydrogens (tertiary/aromatic N) is 1. The largest absolute Gasteiger partial charge is 0.314 e. The zero-order valence-electron chi connectivity index (χ0n) is 8.49. The number of piperazine rings is 1. The number of halogens is 1. The molecule has 0 aliphatic carbocycles. The minimum absolute atomic E-state index is 0. The maximum atomic E-state index is 11.6. The van der Waals surface area contributed by atoms with Crippen LogP contribution in [-0.4, -0.2) is 44.9 Å². The Kier molecular flexibility index (Phi) is 5.92. The molecule has 0 aromatic carbocycles. The highest BCUT2D eigenvalue weighted by molar-refractivity contribution is 7.87. The van der Waals surface area contributed by atoms with Crippen molar-refractivity contribution < 1.29 is 8.42 Å². The van der Waals surface area contributed by atoms with E-state index in [-0.39, 0.29) is 18.4 Å². The summed E-state index contributed by atoms with van der Waals surface area (Å²) in [6.07, 6.45) is 0. The molecule has 0 aromatic heterocycles. The van der Waals surface area contributed by atoms with Gasteiger partial charge in [-0.05, 0) is 6.92 Å². The second kappa shape index (κ2) is 5.87. The zero-order chi connectivity index (χ0) is 9.90. The van der Waals surface area contributed by atoms with E-state index < -0.39 is 10.2 Å². The monoisotopic (exact) mass is 243 g/mol. The second-order valence-electron chi connectivity index (χ2n) is 3.17. The molecule has 1 aliphatic heterocycles. The quantitative estimate of drug-likeness (QED) is 0.706. The van der Waals surface area contributed by atoms with E-state index in [1.165, 1.54) is 4.31 Å². The lowest BCUT2D eigenvalue weighted by atomic mass is 10.3. The molecule has 0 bridgehead atoms. The molecule has 1 heterocycles. The Balaban J connectivity index is 0.00000169. The third-order valence-electron chi connectivity index (χ3n) is 2.08. The van der Waals surface area contributed by atoms with Crippen molar-refractivity contribution >= 4 is 22.6 Å². The molecule has 86 valence electrons. The molecule has 1 saturated heterocycles. The highest BCUT2D eigenvalue weighted by Gasteiger charge is 2.28. The summed E-state index contributed by atoms with van der Waals surface area (Å²) in [5.74, 6) is 0. The highest BCUT2D eigenvalue weighted by Crippen LogP contribution is 2.06. The summed E-state index contributed by atoms with van der Waals surface area (Å²) in [6, 6.07) is 0.0396. The Bertz CT molecular complexity index is 258. The first-order chi connectivity index (χ1) is 6.08. The van der Waals surface area contributed by atoms with Crippen LogP contribution < -0.4 is 10.0 Å². The Hall–Kier alpha value is 0.120. The lowest BCUT2D eigenvalue weighted by Crippen LogP contribution is -2.55. The van der Waals surface area contributed by atoms with Gasteiger partial charge in [0.1, 0.15) is 0 Å². The van der Waals surface area contributed by atoms with Crippen LogP contribution in [0.5, 0.6) is 0 Å². The van der Waals surface area contributed by atoms with Gasteiger partial charge in [0.05, 0.1) is 0 Å². The maximum Gasteiger partial charge on any atom is 0.279 e. The molecule has 1 fully saturated rings. The van der Waals surface area contributed by atoms with Crippen LogP contribution in [0, 0.1) is 0 Å². The minimum Gasteiger partial charge on any atom is -0.314 e. The Morgan fingerprint density at radius 1 is 1.57 bits per heavy atom. The Morgan fingerprint density at radius 3 is 2.71 bits per heavy atom. The van der Waals surface area contributed by atoms with E-state index in [0.717, 1.165) is 13.1 Å². The summed E-state index contributed by atoms with van der Waals surface area (Å²) in [7, 11) is -3.24. The molecule has 5 nitrogen and oxygen atoms in total. The number of hydrogen-bond donors (Lipinski definition) is 2. The normalized spacial score (nSPS) is 24.3. The molecule has 14 heavy (non-hydrogen) atoms. The predicted octanol–water partition coefficient (Wildman–Crippen LogP) is -0.444. The third-order valence-corrected chi connectivity index (χ3v) is 3.89. The van der Waals surface area contributed by atoms with Crippen molar-refractivity contribution in [3.8, 4) is 0 Å². The van der Waals surface area contributed by atoms with Gasteiger partial charge in [0.25, 0.3) is 10.2 Å². The molecule has 1 rings (SSSR count). The molecule has 0 radical (unpaired) electrons. The van der Waals surface area contributed by atoms with Gasteiger partial charge in [-0.25, -0.2) is 4.72 Å². The lowest BCUT2D eigenvalue weighted by Gasteiger charge is -2.32. The summed E-state index contributed by atoms with van der Waals surface area (Å²) in [5, 5.41) is 3.14. The van der Waals surface area contributed by atoms with E-state index in [1.54, 1.807) is 6.92 Å². The van der Waals surface area contributed by atoms with Crippen LogP contribution in [0.15, 0.2) is 0 Å². The third kappa shape index (κ3) is 3.36. The van der Waals surface area contributed by atoms with Gasteiger partial charge >= 0.3 is 0 Å². The number of hydrogen-bond acceptors (Lipinski definition) is 3. The molecule has 1 atom stereocenters. The van der Waals surface area contributed by atoms with Crippen LogP contribution in [0.4, 0.5) is 0 Å². The average molecular weight is 244 g/mol. The molecule has 0 spiro atoms. The molecule has 1 aliphatic rings. The van der Waals surface area contributed by atoms with Crippen molar-refractivity contribution in [2.75, 3.05) is 26.2 Å². The Labute approximate surface area is 91.8 Å². The number of nitrogens with one attached hydrogen (secondary N) is 2. The van der Waals surface area contributed by atoms with E-state index in [0.29, 0.717) is 13.1 Å². The summed E-state index contributed by atoms with van der Waals surface area (Å²) < 4.78 is 27.2. The van der Waals surface area contributed by atoms with Crippen LogP contribution in [0.3, 0.4) is 0 Å². The molecule has 2 N–H and O–H groups in total. The molecule has 0 saturated carbocycles. The van der Waals surface area contributed by atoms with Crippen LogP contribution in [0.1, 0.15) is 13.8 Å². The van der Waals surface area contributed by atoms with Crippen molar-refractivity contribution in [3.05, 3.63) is 0 Å². The fourth-order valence-corrected chi connectivity index (χ4v) is 2.86. The van der Waals surface area contributed by atoms with Gasteiger partial charge in [0.15, 0.2) is 0 Å². The maximum absolute atomic E-state index is 11.6. The summed E-state index contributed by atoms with van der Waals surface area (Å²) in [5.41, 5.74) is 0. The van der Waals surface area contributed by atoms with Gasteiger partial charge < -0.3 is 5.32 Å². The van der Waals surface area contributed by atoms with Gasteiger partial charge in [0.2, 0.25) is 0 Å². The fourth-order valence-electron chi connectivity index (χ4n) is 1.44. The van der Waals surface area contributed by atoms with Crippen LogP contribution in [0.2, 0.25) is 0 Å². The minimum atomic E-state index is -3.24. The van der Waals surface area contributed by atoms with Gasteiger partial charge in [-0.2, -0.15) is 12.7 Å². The zero-order valence-corrected chi connectivity index (χ0v) is 10.1. The Morgan fingerprint density at radius 2 is 2.21 bits per heavy atom.